The first-order valence-electron chi connectivity index (χ1n) is 13.3. The molecular weight excluding hydrogens is 625 g/mol. The van der Waals surface area contributed by atoms with Crippen LogP contribution in [0.2, 0.25) is 0 Å². The maximum Gasteiger partial charge on any atom is 0.322 e. The number of fused-ring (bicyclic) bond motifs is 2. The van der Waals surface area contributed by atoms with Gasteiger partial charge >= 0.3 is 5.97 Å². The summed E-state index contributed by atoms with van der Waals surface area (Å²) in [7, 11) is 6.09. The molecule has 1 unspecified atom stereocenters. The van der Waals surface area contributed by atoms with E-state index in [4.69, 9.17) is 0 Å². The molecule has 0 bridgehead atoms. The molecule has 4 rings (SSSR count). The molecule has 0 spiro atoms. The Balaban J connectivity index is 1.36. The zero-order chi connectivity index (χ0) is 31.1. The van der Waals surface area contributed by atoms with Crippen LogP contribution >= 0.6 is 33.5 Å². The summed E-state index contributed by atoms with van der Waals surface area (Å²) in [5, 5.41) is 13.2. The summed E-state index contributed by atoms with van der Waals surface area (Å²) in [6, 6.07) is 20.6. The molecule has 2 atom stereocenters. The van der Waals surface area contributed by atoms with Crippen LogP contribution in [0.25, 0.3) is 21.5 Å². The monoisotopic (exact) mass is 658 g/mol. The predicted octanol–water partition coefficient (Wildman–Crippen LogP) is 5.10. The van der Waals surface area contributed by atoms with Gasteiger partial charge in [0.25, 0.3) is 0 Å². The van der Waals surface area contributed by atoms with Crippen molar-refractivity contribution in [2.24, 2.45) is 0 Å². The first-order valence-corrected chi connectivity index (χ1v) is 18.1. The zero-order valence-electron chi connectivity index (χ0n) is 24.2. The van der Waals surface area contributed by atoms with Crippen molar-refractivity contribution in [3.63, 3.8) is 0 Å². The summed E-state index contributed by atoms with van der Waals surface area (Å²) in [4.78, 5) is 28.7. The van der Waals surface area contributed by atoms with Gasteiger partial charge in [0.2, 0.25) is 10.0 Å². The van der Waals surface area contributed by atoms with Gasteiger partial charge in [0, 0.05) is 72.1 Å². The molecule has 0 aliphatic heterocycles. The number of carbonyl (C=O) groups excluding carboxylic acids is 1. The van der Waals surface area contributed by atoms with Crippen molar-refractivity contribution in [3.05, 3.63) is 72.8 Å². The van der Waals surface area contributed by atoms with Crippen molar-refractivity contribution in [2.75, 3.05) is 49.5 Å². The first-order chi connectivity index (χ1) is 20.5. The molecule has 0 radical (unpaired) electrons. The van der Waals surface area contributed by atoms with Gasteiger partial charge in [-0.25, -0.2) is 13.1 Å². The van der Waals surface area contributed by atoms with E-state index in [0.29, 0.717) is 11.1 Å². The number of nitrogens with one attached hydrogen (secondary N) is 2. The molecule has 0 amide bonds. The van der Waals surface area contributed by atoms with Gasteiger partial charge in [-0.15, -0.1) is 0 Å². The van der Waals surface area contributed by atoms with Crippen LogP contribution in [-0.4, -0.2) is 77.6 Å². The molecule has 43 heavy (non-hydrogen) atoms. The van der Waals surface area contributed by atoms with Crippen LogP contribution in [0.3, 0.4) is 0 Å². The van der Waals surface area contributed by atoms with Crippen LogP contribution in [0.5, 0.6) is 0 Å². The lowest BCUT2D eigenvalue weighted by atomic mass is 10.1. The number of benzene rings is 4. The van der Waals surface area contributed by atoms with Crippen LogP contribution < -0.4 is 19.2 Å². The van der Waals surface area contributed by atoms with Crippen molar-refractivity contribution in [1.82, 2.24) is 9.44 Å². The molecule has 9 nitrogen and oxygen atoms in total. The molecule has 0 saturated carbocycles. The number of aliphatic carboxylic acids is 1. The van der Waals surface area contributed by atoms with Crippen molar-refractivity contribution < 1.29 is 23.1 Å². The standard InChI is InChI=1S/C30H34N4O5S4/c1-33(2)26-13-5-11-23-21(26)9-7-15-28(23)42-31-20(17-35)18-40-41-19-25(30(36)37)32-43(38,39)29-16-8-10-22-24(29)12-6-14-27(22)34(3)4/h5-17,20,25,31-32H,18-19H2,1-4H3,(H,36,37)/t20?,25-/m1/s1. The van der Waals surface area contributed by atoms with Crippen LogP contribution in [0.4, 0.5) is 11.4 Å². The molecule has 13 heteroatoms. The lowest BCUT2D eigenvalue weighted by molar-refractivity contribution is -0.138. The molecule has 4 aromatic carbocycles. The van der Waals surface area contributed by atoms with Gasteiger partial charge in [-0.1, -0.05) is 70.1 Å². The zero-order valence-corrected chi connectivity index (χ0v) is 27.4. The van der Waals surface area contributed by atoms with Gasteiger partial charge in [0.05, 0.1) is 10.9 Å². The first kappa shape index (κ1) is 33.0. The third kappa shape index (κ3) is 7.97. The van der Waals surface area contributed by atoms with Crippen molar-refractivity contribution in [1.29, 1.82) is 0 Å². The van der Waals surface area contributed by atoms with E-state index in [0.717, 1.165) is 38.7 Å². The Kier molecular flexibility index (Phi) is 11.3. The van der Waals surface area contributed by atoms with Gasteiger partial charge in [0.1, 0.15) is 12.3 Å². The normalized spacial score (nSPS) is 13.1. The summed E-state index contributed by atoms with van der Waals surface area (Å²) in [6.45, 7) is 0. The Bertz CT molecular complexity index is 1720. The van der Waals surface area contributed by atoms with E-state index in [1.165, 1.54) is 39.6 Å². The SMILES string of the molecule is CN(C)c1cccc2c(SNC(C=O)CSSC[C@@H](NS(=O)(=O)c3cccc4c(N(C)C)cccc34)C(=O)O)cccc12. The number of carbonyl (C=O) groups is 2. The molecule has 0 heterocycles. The van der Waals surface area contributed by atoms with E-state index in [-0.39, 0.29) is 10.6 Å². The quantitative estimate of drug-likeness (QED) is 0.0685. The summed E-state index contributed by atoms with van der Waals surface area (Å²) < 4.78 is 32.2. The van der Waals surface area contributed by atoms with E-state index in [9.17, 15) is 23.1 Å². The molecule has 0 aliphatic carbocycles. The van der Waals surface area contributed by atoms with E-state index in [1.807, 2.05) is 69.5 Å². The fourth-order valence-electron chi connectivity index (χ4n) is 4.52. The minimum absolute atomic E-state index is 0.0194. The third-order valence-corrected chi connectivity index (χ3v) is 11.6. The maximum atomic E-state index is 13.3. The molecule has 228 valence electrons. The highest BCUT2D eigenvalue weighted by Crippen LogP contribution is 2.33. The molecule has 0 saturated heterocycles. The van der Waals surface area contributed by atoms with Crippen molar-refractivity contribution in [2.45, 2.75) is 21.9 Å². The molecule has 0 fully saturated rings. The third-order valence-electron chi connectivity index (χ3n) is 6.62. The van der Waals surface area contributed by atoms with Gasteiger partial charge in [-0.3, -0.25) is 4.79 Å². The Morgan fingerprint density at radius 2 is 1.35 bits per heavy atom. The van der Waals surface area contributed by atoms with Gasteiger partial charge in [-0.2, -0.15) is 4.72 Å². The molecule has 0 aliphatic rings. The van der Waals surface area contributed by atoms with Crippen LogP contribution in [0.15, 0.2) is 82.6 Å². The second kappa shape index (κ2) is 14.7. The smallest absolute Gasteiger partial charge is 0.322 e. The van der Waals surface area contributed by atoms with E-state index >= 15 is 0 Å². The van der Waals surface area contributed by atoms with Gasteiger partial charge in [-0.05, 0) is 41.6 Å². The van der Waals surface area contributed by atoms with Crippen molar-refractivity contribution in [3.8, 4) is 0 Å². The summed E-state index contributed by atoms with van der Waals surface area (Å²) in [5.41, 5.74) is 1.95. The molecule has 4 aromatic rings. The highest BCUT2D eigenvalue weighted by Gasteiger charge is 2.27. The number of anilines is 2. The molecule has 0 aromatic heterocycles. The Hall–Kier alpha value is -2.94. The number of nitrogens with zero attached hydrogens (tertiary/aromatic N) is 2. The fraction of sp³-hybridized carbons (Fsp3) is 0.267. The Labute approximate surface area is 264 Å². The summed E-state index contributed by atoms with van der Waals surface area (Å²) >= 11 is 1.37. The van der Waals surface area contributed by atoms with Crippen LogP contribution in [-0.2, 0) is 19.6 Å². The Morgan fingerprint density at radius 1 is 0.814 bits per heavy atom. The highest BCUT2D eigenvalue weighted by atomic mass is 33.1. The van der Waals surface area contributed by atoms with Crippen molar-refractivity contribution >= 4 is 88.7 Å². The lowest BCUT2D eigenvalue weighted by Gasteiger charge is -2.19. The highest BCUT2D eigenvalue weighted by molar-refractivity contribution is 8.76. The van der Waals surface area contributed by atoms with E-state index in [2.05, 4.69) is 26.5 Å². The molecule has 3 N–H and O–H groups in total. The minimum atomic E-state index is -4.14. The predicted molar refractivity (Wildman–Crippen MR) is 182 cm³/mol. The Morgan fingerprint density at radius 3 is 1.95 bits per heavy atom. The van der Waals surface area contributed by atoms with Gasteiger partial charge in [0.15, 0.2) is 0 Å². The second-order valence-corrected chi connectivity index (χ2v) is 15.2. The number of aldehydes is 1. The largest absolute Gasteiger partial charge is 0.480 e. The number of hydrogen-bond donors (Lipinski definition) is 3. The van der Waals surface area contributed by atoms with E-state index < -0.39 is 28.1 Å². The summed E-state index contributed by atoms with van der Waals surface area (Å²) in [6.07, 6.45) is 0.816. The van der Waals surface area contributed by atoms with E-state index in [1.54, 1.807) is 18.2 Å². The number of sulfonamides is 1. The average molecular weight is 659 g/mol. The topological polar surface area (TPSA) is 119 Å². The fourth-order valence-corrected chi connectivity index (χ4v) is 9.28. The maximum absolute atomic E-state index is 13.3. The number of carboxylic acid groups (broad SMARTS) is 1. The number of carboxylic acids is 1. The summed E-state index contributed by atoms with van der Waals surface area (Å²) in [5.74, 6) is -0.938. The number of hydrogen-bond acceptors (Lipinski definition) is 10. The average Bonchev–Trinajstić information content (AvgIpc) is 2.98. The van der Waals surface area contributed by atoms with Crippen LogP contribution in [0, 0.1) is 0 Å². The van der Waals surface area contributed by atoms with Gasteiger partial charge < -0.3 is 19.7 Å². The van der Waals surface area contributed by atoms with Crippen LogP contribution in [0.1, 0.15) is 0 Å². The molecular formula is C30H34N4O5S4. The second-order valence-electron chi connectivity index (χ2n) is 10.1. The lowest BCUT2D eigenvalue weighted by Crippen LogP contribution is -2.42. The minimum Gasteiger partial charge on any atom is -0.480 e. The number of rotatable bonds is 15.